The van der Waals surface area contributed by atoms with E-state index in [1.807, 2.05) is 24.5 Å². The highest BCUT2D eigenvalue weighted by atomic mass is 15.3. The summed E-state index contributed by atoms with van der Waals surface area (Å²) < 4.78 is 0. The van der Waals surface area contributed by atoms with Crippen molar-refractivity contribution in [2.45, 2.75) is 5.92 Å². The molecule has 0 amide bonds. The first-order valence-electron chi connectivity index (χ1n) is 5.77. The van der Waals surface area contributed by atoms with Crippen LogP contribution in [0, 0.1) is 0 Å². The predicted octanol–water partition coefficient (Wildman–Crippen LogP) is 0.640. The van der Waals surface area contributed by atoms with Crippen LogP contribution in [-0.2, 0) is 0 Å². The van der Waals surface area contributed by atoms with Gasteiger partial charge in [-0.25, -0.2) is 0 Å². The van der Waals surface area contributed by atoms with E-state index in [1.165, 1.54) is 5.56 Å². The molecule has 0 atom stereocenters. The van der Waals surface area contributed by atoms with Gasteiger partial charge in [-0.15, -0.1) is 0 Å². The monoisotopic (exact) mass is 242 g/mol. The highest BCUT2D eigenvalue weighted by molar-refractivity contribution is 5.53. The van der Waals surface area contributed by atoms with Gasteiger partial charge in [-0.3, -0.25) is 4.98 Å². The molecule has 6 nitrogen and oxygen atoms in total. The van der Waals surface area contributed by atoms with Crippen molar-refractivity contribution in [3.8, 4) is 0 Å². The number of pyridine rings is 1. The minimum absolute atomic E-state index is 0.220. The summed E-state index contributed by atoms with van der Waals surface area (Å²) in [5, 5.41) is 0. The molecule has 0 saturated carbocycles. The fourth-order valence-electron chi connectivity index (χ4n) is 2.15. The Kier molecular flexibility index (Phi) is 2.47. The fourth-order valence-corrected chi connectivity index (χ4v) is 2.15. The van der Waals surface area contributed by atoms with Gasteiger partial charge < -0.3 is 16.4 Å². The van der Waals surface area contributed by atoms with Crippen molar-refractivity contribution in [1.82, 2.24) is 15.0 Å². The Balaban J connectivity index is 1.72. The van der Waals surface area contributed by atoms with Crippen molar-refractivity contribution in [3.05, 3.63) is 36.2 Å². The van der Waals surface area contributed by atoms with Gasteiger partial charge in [0.2, 0.25) is 5.95 Å². The lowest BCUT2D eigenvalue weighted by Crippen LogP contribution is -2.45. The fraction of sp³-hybridized carbons (Fsp3) is 0.250. The normalized spacial score (nSPS) is 15.4. The summed E-state index contributed by atoms with van der Waals surface area (Å²) in [5.74, 6) is 1.94. The maximum absolute atomic E-state index is 5.66. The summed E-state index contributed by atoms with van der Waals surface area (Å²) in [6.07, 6.45) is 3.64. The summed E-state index contributed by atoms with van der Waals surface area (Å²) in [7, 11) is 0. The molecule has 0 bridgehead atoms. The summed E-state index contributed by atoms with van der Waals surface area (Å²) in [6.45, 7) is 1.83. The standard InChI is InChI=1S/C12H14N6/c13-10-5-11(17-12(14)16-10)18-6-9(7-18)8-1-3-15-4-2-8/h1-5,9H,6-7H2,(H4,13,14,16,17). The van der Waals surface area contributed by atoms with Gasteiger partial charge in [0.1, 0.15) is 11.6 Å². The number of rotatable bonds is 2. The van der Waals surface area contributed by atoms with E-state index in [0.29, 0.717) is 11.7 Å². The van der Waals surface area contributed by atoms with Gasteiger partial charge in [-0.1, -0.05) is 0 Å². The number of hydrogen-bond acceptors (Lipinski definition) is 6. The lowest BCUT2D eigenvalue weighted by atomic mass is 9.92. The van der Waals surface area contributed by atoms with Crippen molar-refractivity contribution in [3.63, 3.8) is 0 Å². The van der Waals surface area contributed by atoms with Crippen molar-refractivity contribution < 1.29 is 0 Å². The summed E-state index contributed by atoms with van der Waals surface area (Å²) in [4.78, 5) is 14.2. The molecular weight excluding hydrogens is 228 g/mol. The highest BCUT2D eigenvalue weighted by Gasteiger charge is 2.29. The van der Waals surface area contributed by atoms with E-state index >= 15 is 0 Å². The zero-order chi connectivity index (χ0) is 12.5. The van der Waals surface area contributed by atoms with Gasteiger partial charge >= 0.3 is 0 Å². The van der Waals surface area contributed by atoms with Crippen molar-refractivity contribution >= 4 is 17.6 Å². The van der Waals surface area contributed by atoms with Crippen LogP contribution in [0.5, 0.6) is 0 Å². The van der Waals surface area contributed by atoms with Gasteiger partial charge in [0.25, 0.3) is 0 Å². The Morgan fingerprint density at radius 1 is 1.11 bits per heavy atom. The average molecular weight is 242 g/mol. The molecule has 1 aliphatic heterocycles. The summed E-state index contributed by atoms with van der Waals surface area (Å²) in [6, 6.07) is 5.84. The van der Waals surface area contributed by atoms with Crippen molar-refractivity contribution in [1.29, 1.82) is 0 Å². The van der Waals surface area contributed by atoms with Crippen molar-refractivity contribution in [2.24, 2.45) is 0 Å². The van der Waals surface area contributed by atoms with E-state index in [1.54, 1.807) is 6.07 Å². The Bertz CT molecular complexity index is 529. The second kappa shape index (κ2) is 4.14. The van der Waals surface area contributed by atoms with Gasteiger partial charge in [-0.05, 0) is 17.7 Å². The third-order valence-electron chi connectivity index (χ3n) is 3.13. The number of anilines is 3. The molecule has 0 aliphatic carbocycles. The van der Waals surface area contributed by atoms with Gasteiger partial charge in [0, 0.05) is 37.5 Å². The van der Waals surface area contributed by atoms with Gasteiger partial charge in [0.15, 0.2) is 0 Å². The second-order valence-electron chi connectivity index (χ2n) is 4.39. The lowest BCUT2D eigenvalue weighted by Gasteiger charge is -2.40. The second-order valence-corrected chi connectivity index (χ2v) is 4.39. The molecule has 0 aromatic carbocycles. The SMILES string of the molecule is Nc1cc(N2CC(c3ccncc3)C2)nc(N)n1. The van der Waals surface area contributed by atoms with Crippen LogP contribution in [-0.4, -0.2) is 28.0 Å². The minimum Gasteiger partial charge on any atom is -0.383 e. The Morgan fingerprint density at radius 3 is 2.50 bits per heavy atom. The topological polar surface area (TPSA) is 94.0 Å². The molecule has 3 heterocycles. The average Bonchev–Trinajstić information content (AvgIpc) is 2.27. The third kappa shape index (κ3) is 1.92. The predicted molar refractivity (Wildman–Crippen MR) is 70.0 cm³/mol. The summed E-state index contributed by atoms with van der Waals surface area (Å²) in [5.41, 5.74) is 12.5. The first kappa shape index (κ1) is 10.8. The minimum atomic E-state index is 0.220. The zero-order valence-electron chi connectivity index (χ0n) is 9.82. The van der Waals surface area contributed by atoms with Crippen LogP contribution < -0.4 is 16.4 Å². The molecule has 2 aromatic rings. The molecule has 2 aromatic heterocycles. The Morgan fingerprint density at radius 2 is 1.83 bits per heavy atom. The molecule has 18 heavy (non-hydrogen) atoms. The molecule has 1 fully saturated rings. The van der Waals surface area contributed by atoms with E-state index in [4.69, 9.17) is 11.5 Å². The number of aromatic nitrogens is 3. The lowest BCUT2D eigenvalue weighted by molar-refractivity contribution is 0.519. The van der Waals surface area contributed by atoms with E-state index in [9.17, 15) is 0 Å². The third-order valence-corrected chi connectivity index (χ3v) is 3.13. The van der Waals surface area contributed by atoms with Crippen LogP contribution in [0.15, 0.2) is 30.6 Å². The molecule has 1 aliphatic rings. The maximum atomic E-state index is 5.66. The number of hydrogen-bond donors (Lipinski definition) is 2. The molecule has 6 heteroatoms. The molecule has 0 spiro atoms. The number of nitrogen functional groups attached to an aromatic ring is 2. The molecule has 4 N–H and O–H groups in total. The molecule has 0 radical (unpaired) electrons. The van der Waals surface area contributed by atoms with Crippen LogP contribution in [0.4, 0.5) is 17.6 Å². The Hall–Kier alpha value is -2.37. The van der Waals surface area contributed by atoms with Crippen LogP contribution in [0.1, 0.15) is 11.5 Å². The van der Waals surface area contributed by atoms with E-state index in [0.717, 1.165) is 18.9 Å². The quantitative estimate of drug-likeness (QED) is 0.802. The van der Waals surface area contributed by atoms with Crippen LogP contribution in [0.25, 0.3) is 0 Å². The van der Waals surface area contributed by atoms with E-state index < -0.39 is 0 Å². The molecular formula is C12H14N6. The first-order chi connectivity index (χ1) is 8.72. The van der Waals surface area contributed by atoms with Gasteiger partial charge in [0.05, 0.1) is 0 Å². The number of nitrogens with zero attached hydrogens (tertiary/aromatic N) is 4. The maximum Gasteiger partial charge on any atom is 0.223 e. The summed E-state index contributed by atoms with van der Waals surface area (Å²) >= 11 is 0. The highest BCUT2D eigenvalue weighted by Crippen LogP contribution is 2.30. The van der Waals surface area contributed by atoms with Crippen molar-refractivity contribution in [2.75, 3.05) is 29.5 Å². The number of nitrogens with two attached hydrogens (primary N) is 2. The Labute approximate surface area is 105 Å². The van der Waals surface area contributed by atoms with E-state index in [2.05, 4.69) is 19.9 Å². The molecule has 3 rings (SSSR count). The van der Waals surface area contributed by atoms with Crippen LogP contribution in [0.3, 0.4) is 0 Å². The van der Waals surface area contributed by atoms with Crippen LogP contribution >= 0.6 is 0 Å². The smallest absolute Gasteiger partial charge is 0.223 e. The van der Waals surface area contributed by atoms with Crippen LogP contribution in [0.2, 0.25) is 0 Å². The molecule has 1 saturated heterocycles. The largest absolute Gasteiger partial charge is 0.383 e. The first-order valence-corrected chi connectivity index (χ1v) is 5.77. The molecule has 0 unspecified atom stereocenters. The molecule has 92 valence electrons. The van der Waals surface area contributed by atoms with Gasteiger partial charge in [-0.2, -0.15) is 9.97 Å². The zero-order valence-corrected chi connectivity index (χ0v) is 9.82. The van der Waals surface area contributed by atoms with E-state index in [-0.39, 0.29) is 5.95 Å².